The molecule has 0 radical (unpaired) electrons. The molecule has 1 amide bonds. The molecule has 1 aliphatic heterocycles. The van der Waals surface area contributed by atoms with Gasteiger partial charge in [0.2, 0.25) is 0 Å². The van der Waals surface area contributed by atoms with Crippen molar-refractivity contribution in [2.24, 2.45) is 0 Å². The van der Waals surface area contributed by atoms with Crippen molar-refractivity contribution in [1.29, 1.82) is 0 Å². The summed E-state index contributed by atoms with van der Waals surface area (Å²) >= 11 is 1.15. The van der Waals surface area contributed by atoms with Crippen molar-refractivity contribution in [3.63, 3.8) is 0 Å². The van der Waals surface area contributed by atoms with Crippen LogP contribution in [0.2, 0.25) is 0 Å². The van der Waals surface area contributed by atoms with E-state index in [9.17, 15) is 24.6 Å². The quantitative estimate of drug-likeness (QED) is 0.375. The number of piperidine rings is 1. The highest BCUT2D eigenvalue weighted by Crippen LogP contribution is 2.31. The maximum atomic E-state index is 13.0. The van der Waals surface area contributed by atoms with Gasteiger partial charge in [0.25, 0.3) is 11.8 Å². The lowest BCUT2D eigenvalue weighted by Gasteiger charge is -2.32. The molecule has 10 heteroatoms. The number of anilines is 2. The monoisotopic (exact) mass is 504 g/mol. The van der Waals surface area contributed by atoms with Crippen molar-refractivity contribution in [2.75, 3.05) is 23.3 Å². The number of fused-ring (bicyclic) bond motifs is 1. The van der Waals surface area contributed by atoms with Crippen LogP contribution in [-0.4, -0.2) is 57.0 Å². The summed E-state index contributed by atoms with van der Waals surface area (Å²) in [5, 5.41) is 27.4. The zero-order valence-electron chi connectivity index (χ0n) is 19.5. The molecular formula is C26H24N4O5S. The van der Waals surface area contributed by atoms with Gasteiger partial charge in [0.1, 0.15) is 4.83 Å². The average Bonchev–Trinajstić information content (AvgIpc) is 3.45. The van der Waals surface area contributed by atoms with Gasteiger partial charge in [-0.05, 0) is 56.2 Å². The standard InChI is InChI=1S/C26H24N4O5S/c1-15-19-14-22(36-25(19)30(28-15)24(33)16-5-3-2-4-6-16)23(32)27-17-7-8-21(20(13-17)26(34)35)29-11-9-18(31)10-12-29/h2-8,13-14,18,31H,9-12H2,1H3,(H,27,32)(H,34,35). The minimum Gasteiger partial charge on any atom is -0.478 e. The number of carbonyl (C=O) groups is 3. The molecule has 1 saturated heterocycles. The van der Waals surface area contributed by atoms with E-state index in [0.29, 0.717) is 63.7 Å². The minimum atomic E-state index is -1.09. The fourth-order valence-electron chi connectivity index (χ4n) is 4.36. The number of hydrogen-bond donors (Lipinski definition) is 3. The second-order valence-electron chi connectivity index (χ2n) is 8.71. The fraction of sp³-hybridized carbons (Fsp3) is 0.231. The molecule has 0 bridgehead atoms. The zero-order chi connectivity index (χ0) is 25.4. The summed E-state index contributed by atoms with van der Waals surface area (Å²) in [6, 6.07) is 15.3. The lowest BCUT2D eigenvalue weighted by Crippen LogP contribution is -2.36. The van der Waals surface area contributed by atoms with E-state index in [0.717, 1.165) is 11.3 Å². The van der Waals surface area contributed by atoms with Gasteiger partial charge >= 0.3 is 5.97 Å². The van der Waals surface area contributed by atoms with Crippen LogP contribution in [0.4, 0.5) is 11.4 Å². The van der Waals surface area contributed by atoms with E-state index in [1.807, 2.05) is 11.0 Å². The van der Waals surface area contributed by atoms with E-state index >= 15 is 0 Å². The predicted molar refractivity (Wildman–Crippen MR) is 137 cm³/mol. The summed E-state index contributed by atoms with van der Waals surface area (Å²) in [4.78, 5) is 40.8. The molecule has 184 valence electrons. The predicted octanol–water partition coefficient (Wildman–Crippen LogP) is 4.01. The molecule has 1 fully saturated rings. The van der Waals surface area contributed by atoms with Gasteiger partial charge < -0.3 is 20.4 Å². The number of aliphatic hydroxyl groups excluding tert-OH is 1. The highest BCUT2D eigenvalue weighted by atomic mass is 32.1. The van der Waals surface area contributed by atoms with Gasteiger partial charge in [0, 0.05) is 29.7 Å². The number of benzene rings is 2. The first-order valence-electron chi connectivity index (χ1n) is 11.5. The zero-order valence-corrected chi connectivity index (χ0v) is 20.3. The van der Waals surface area contributed by atoms with Crippen LogP contribution in [-0.2, 0) is 0 Å². The van der Waals surface area contributed by atoms with Crippen molar-refractivity contribution in [3.8, 4) is 0 Å². The van der Waals surface area contributed by atoms with E-state index in [-0.39, 0.29) is 17.6 Å². The number of amides is 1. The number of aliphatic hydroxyl groups is 1. The Morgan fingerprint density at radius 2 is 1.78 bits per heavy atom. The number of aryl methyl sites for hydroxylation is 1. The average molecular weight is 505 g/mol. The van der Waals surface area contributed by atoms with E-state index in [4.69, 9.17) is 0 Å². The van der Waals surface area contributed by atoms with E-state index in [1.54, 1.807) is 49.4 Å². The van der Waals surface area contributed by atoms with E-state index in [1.165, 1.54) is 10.7 Å². The molecule has 2 aromatic heterocycles. The van der Waals surface area contributed by atoms with Crippen LogP contribution in [0.3, 0.4) is 0 Å². The summed E-state index contributed by atoms with van der Waals surface area (Å²) in [6.45, 7) is 2.91. The molecule has 0 atom stereocenters. The summed E-state index contributed by atoms with van der Waals surface area (Å²) < 4.78 is 1.31. The Morgan fingerprint density at radius 3 is 2.47 bits per heavy atom. The largest absolute Gasteiger partial charge is 0.478 e. The topological polar surface area (TPSA) is 125 Å². The Bertz CT molecular complexity index is 1470. The Balaban J connectivity index is 1.40. The second kappa shape index (κ2) is 9.56. The third-order valence-corrected chi connectivity index (χ3v) is 7.38. The number of aromatic nitrogens is 2. The smallest absolute Gasteiger partial charge is 0.337 e. The van der Waals surface area contributed by atoms with Crippen molar-refractivity contribution in [3.05, 3.63) is 76.3 Å². The van der Waals surface area contributed by atoms with Gasteiger partial charge in [-0.3, -0.25) is 9.59 Å². The van der Waals surface area contributed by atoms with Gasteiger partial charge in [-0.1, -0.05) is 18.2 Å². The number of aromatic carboxylic acids is 1. The molecule has 2 aromatic carbocycles. The SMILES string of the molecule is Cc1nn(C(=O)c2ccccc2)c2sc(C(=O)Nc3ccc(N4CCC(O)CC4)c(C(=O)O)c3)cc12. The van der Waals surface area contributed by atoms with E-state index in [2.05, 4.69) is 10.4 Å². The number of thiophene rings is 1. The lowest BCUT2D eigenvalue weighted by molar-refractivity contribution is 0.0696. The molecule has 0 aliphatic carbocycles. The molecule has 0 spiro atoms. The van der Waals surface area contributed by atoms with Crippen molar-refractivity contribution >= 4 is 50.7 Å². The number of carboxylic acid groups (broad SMARTS) is 1. The third-order valence-electron chi connectivity index (χ3n) is 6.27. The maximum Gasteiger partial charge on any atom is 0.337 e. The second-order valence-corrected chi connectivity index (χ2v) is 9.74. The number of carboxylic acids is 1. The third kappa shape index (κ3) is 4.48. The first kappa shape index (κ1) is 23.7. The van der Waals surface area contributed by atoms with Crippen molar-refractivity contribution in [2.45, 2.75) is 25.9 Å². The molecular weight excluding hydrogens is 480 g/mol. The lowest BCUT2D eigenvalue weighted by atomic mass is 10.0. The number of hydrogen-bond acceptors (Lipinski definition) is 7. The van der Waals surface area contributed by atoms with Crippen LogP contribution >= 0.6 is 11.3 Å². The first-order chi connectivity index (χ1) is 17.3. The number of rotatable bonds is 5. The van der Waals surface area contributed by atoms with Crippen LogP contribution in [0, 0.1) is 6.92 Å². The van der Waals surface area contributed by atoms with Gasteiger partial charge in [-0.2, -0.15) is 9.78 Å². The molecule has 36 heavy (non-hydrogen) atoms. The normalized spacial score (nSPS) is 14.2. The number of carbonyl (C=O) groups excluding carboxylic acids is 2. The van der Waals surface area contributed by atoms with Gasteiger partial charge in [-0.15, -0.1) is 11.3 Å². The Labute approximate surface area is 210 Å². The van der Waals surface area contributed by atoms with E-state index < -0.39 is 11.9 Å². The Morgan fingerprint density at radius 1 is 1.06 bits per heavy atom. The molecule has 5 rings (SSSR count). The fourth-order valence-corrected chi connectivity index (χ4v) is 5.42. The molecule has 9 nitrogen and oxygen atoms in total. The number of nitrogens with one attached hydrogen (secondary N) is 1. The number of nitrogens with zero attached hydrogens (tertiary/aromatic N) is 3. The highest BCUT2D eigenvalue weighted by Gasteiger charge is 2.24. The molecule has 1 aliphatic rings. The van der Waals surface area contributed by atoms with Crippen LogP contribution in [0.1, 0.15) is 48.9 Å². The summed E-state index contributed by atoms with van der Waals surface area (Å²) in [5.74, 6) is -1.78. The molecule has 0 saturated carbocycles. The van der Waals surface area contributed by atoms with Crippen LogP contribution in [0.5, 0.6) is 0 Å². The van der Waals surface area contributed by atoms with Crippen LogP contribution in [0.25, 0.3) is 10.2 Å². The van der Waals surface area contributed by atoms with Crippen molar-refractivity contribution < 1.29 is 24.6 Å². The van der Waals surface area contributed by atoms with Crippen LogP contribution < -0.4 is 10.2 Å². The molecule has 0 unspecified atom stereocenters. The van der Waals surface area contributed by atoms with Gasteiger partial charge in [-0.25, -0.2) is 4.79 Å². The summed E-state index contributed by atoms with van der Waals surface area (Å²) in [5.41, 5.74) is 2.12. The summed E-state index contributed by atoms with van der Waals surface area (Å²) in [7, 11) is 0. The Hall–Kier alpha value is -4.02. The minimum absolute atomic E-state index is 0.0838. The first-order valence-corrected chi connectivity index (χ1v) is 12.3. The highest BCUT2D eigenvalue weighted by molar-refractivity contribution is 7.20. The van der Waals surface area contributed by atoms with Crippen LogP contribution in [0.15, 0.2) is 54.6 Å². The maximum absolute atomic E-state index is 13.0. The molecule has 3 heterocycles. The molecule has 3 N–H and O–H groups in total. The summed E-state index contributed by atoms with van der Waals surface area (Å²) in [6.07, 6.45) is 0.785. The van der Waals surface area contributed by atoms with Crippen molar-refractivity contribution in [1.82, 2.24) is 9.78 Å². The molecule has 4 aromatic rings. The van der Waals surface area contributed by atoms with Gasteiger partial charge in [0.05, 0.1) is 27.9 Å². The van der Waals surface area contributed by atoms with Gasteiger partial charge in [0.15, 0.2) is 0 Å². The Kier molecular flexibility index (Phi) is 6.29.